The van der Waals surface area contributed by atoms with Crippen LogP contribution < -0.4 is 26.3 Å². The predicted octanol–water partition coefficient (Wildman–Crippen LogP) is 4.25. The standard InChI is InChI=1S/C33H43F4N5O7S/c1-22(2)27-28(34)30(36)31(37)32(29(27)35)49-26(44)10-13-45-15-17-47-19-20-48-18-16-46-14-12-39-21-24(42-38)5-3-4-11-40-33(50)41-23-6-8-25(43)9-7-23/h6-9,21,43H,1,3-5,10-20,38H2,2H3,(H2,40,41,50)/p-1/b39-21?,42-24-. The van der Waals surface area contributed by atoms with Gasteiger partial charge in [-0.05, 0) is 56.1 Å². The van der Waals surface area contributed by atoms with Crippen LogP contribution in [0.3, 0.4) is 0 Å². The van der Waals surface area contributed by atoms with E-state index in [4.69, 9.17) is 37.0 Å². The number of hydrazone groups is 1. The Kier molecular flexibility index (Phi) is 20.2. The van der Waals surface area contributed by atoms with Gasteiger partial charge in [0.05, 0.1) is 77.1 Å². The van der Waals surface area contributed by atoms with Gasteiger partial charge in [0.15, 0.2) is 22.6 Å². The second kappa shape index (κ2) is 24.1. The molecular formula is C33H42F4N5O7S-. The lowest BCUT2D eigenvalue weighted by molar-refractivity contribution is -0.268. The van der Waals surface area contributed by atoms with Crippen molar-refractivity contribution < 1.29 is 51.1 Å². The van der Waals surface area contributed by atoms with Crippen molar-refractivity contribution in [3.63, 3.8) is 0 Å². The summed E-state index contributed by atoms with van der Waals surface area (Å²) in [6.07, 6.45) is 3.56. The first kappa shape index (κ1) is 42.0. The minimum Gasteiger partial charge on any atom is -0.872 e. The lowest BCUT2D eigenvalue weighted by Crippen LogP contribution is -2.29. The second-order valence-corrected chi connectivity index (χ2v) is 10.8. The summed E-state index contributed by atoms with van der Waals surface area (Å²) >= 11 is 5.24. The largest absolute Gasteiger partial charge is 0.872 e. The molecule has 17 heteroatoms. The van der Waals surface area contributed by atoms with Gasteiger partial charge in [0.2, 0.25) is 11.6 Å². The van der Waals surface area contributed by atoms with E-state index in [9.17, 15) is 27.5 Å². The maximum atomic E-state index is 14.4. The molecule has 0 fully saturated rings. The first-order valence-electron chi connectivity index (χ1n) is 15.7. The zero-order valence-corrected chi connectivity index (χ0v) is 28.6. The summed E-state index contributed by atoms with van der Waals surface area (Å²) in [5.41, 5.74) is 0.304. The summed E-state index contributed by atoms with van der Waals surface area (Å²) < 4.78 is 81.9. The third-order valence-electron chi connectivity index (χ3n) is 6.46. The number of anilines is 1. The van der Waals surface area contributed by atoms with Crippen LogP contribution in [0.4, 0.5) is 23.2 Å². The molecule has 0 atom stereocenters. The molecule has 0 bridgehead atoms. The molecule has 12 nitrogen and oxygen atoms in total. The molecule has 0 aliphatic carbocycles. The fraction of sp³-hybridized carbons (Fsp3) is 0.455. The fourth-order valence-corrected chi connectivity index (χ4v) is 4.17. The van der Waals surface area contributed by atoms with Gasteiger partial charge in [0.25, 0.3) is 0 Å². The number of aliphatic imine (C=N–C) groups is 1. The van der Waals surface area contributed by atoms with E-state index in [0.717, 1.165) is 18.5 Å². The minimum absolute atomic E-state index is 0.0640. The summed E-state index contributed by atoms with van der Waals surface area (Å²) in [7, 11) is 0. The van der Waals surface area contributed by atoms with Crippen molar-refractivity contribution in [2.24, 2.45) is 15.9 Å². The monoisotopic (exact) mass is 728 g/mol. The molecule has 50 heavy (non-hydrogen) atoms. The average molecular weight is 729 g/mol. The van der Waals surface area contributed by atoms with Crippen molar-refractivity contribution in [1.29, 1.82) is 0 Å². The Morgan fingerprint density at radius 1 is 0.880 bits per heavy atom. The van der Waals surface area contributed by atoms with Crippen LogP contribution in [0.2, 0.25) is 0 Å². The average Bonchev–Trinajstić information content (AvgIpc) is 3.08. The van der Waals surface area contributed by atoms with E-state index in [-0.39, 0.29) is 37.8 Å². The van der Waals surface area contributed by atoms with Crippen molar-refractivity contribution in [2.45, 2.75) is 32.6 Å². The number of nitrogens with one attached hydrogen (secondary N) is 2. The third-order valence-corrected chi connectivity index (χ3v) is 6.71. The Labute approximate surface area is 293 Å². The van der Waals surface area contributed by atoms with Crippen molar-refractivity contribution in [2.75, 3.05) is 71.3 Å². The van der Waals surface area contributed by atoms with E-state index < -0.39 is 47.0 Å². The summed E-state index contributed by atoms with van der Waals surface area (Å²) in [5, 5.41) is 21.5. The van der Waals surface area contributed by atoms with Gasteiger partial charge in [0, 0.05) is 18.4 Å². The van der Waals surface area contributed by atoms with Crippen LogP contribution in [0.5, 0.6) is 11.5 Å². The highest BCUT2D eigenvalue weighted by atomic mass is 32.1. The lowest BCUT2D eigenvalue weighted by Gasteiger charge is -2.12. The Bertz CT molecular complexity index is 1450. The molecule has 0 radical (unpaired) electrons. The minimum atomic E-state index is -1.97. The number of rotatable bonds is 24. The van der Waals surface area contributed by atoms with Crippen LogP contribution in [-0.4, -0.2) is 89.0 Å². The Balaban J connectivity index is 1.41. The zero-order chi connectivity index (χ0) is 36.7. The summed E-state index contributed by atoms with van der Waals surface area (Å²) in [5.74, 6) is -4.27. The molecule has 2 aromatic carbocycles. The lowest BCUT2D eigenvalue weighted by atomic mass is 10.1. The number of esters is 1. The van der Waals surface area contributed by atoms with Gasteiger partial charge >= 0.3 is 5.97 Å². The number of thiocarbonyl (C=S) groups is 1. The first-order valence-corrected chi connectivity index (χ1v) is 16.1. The van der Waals surface area contributed by atoms with Crippen LogP contribution in [0, 0.1) is 23.3 Å². The number of hydrogen-bond acceptors (Lipinski definition) is 11. The number of ether oxygens (including phenoxy) is 5. The van der Waals surface area contributed by atoms with Gasteiger partial charge in [-0.25, -0.2) is 13.2 Å². The van der Waals surface area contributed by atoms with Crippen LogP contribution in [0.1, 0.15) is 38.2 Å². The molecular weight excluding hydrogens is 686 g/mol. The molecule has 0 unspecified atom stereocenters. The predicted molar refractivity (Wildman–Crippen MR) is 183 cm³/mol. The van der Waals surface area contributed by atoms with E-state index in [1.165, 1.54) is 19.1 Å². The van der Waals surface area contributed by atoms with E-state index >= 15 is 0 Å². The number of hydrogen-bond donors (Lipinski definition) is 3. The van der Waals surface area contributed by atoms with Gasteiger partial charge in [-0.1, -0.05) is 18.7 Å². The maximum Gasteiger partial charge on any atom is 0.313 e. The van der Waals surface area contributed by atoms with Crippen LogP contribution in [0.15, 0.2) is 40.9 Å². The Hall–Kier alpha value is -4.16. The molecule has 0 aliphatic heterocycles. The van der Waals surface area contributed by atoms with Gasteiger partial charge < -0.3 is 45.3 Å². The highest BCUT2D eigenvalue weighted by Gasteiger charge is 2.28. The van der Waals surface area contributed by atoms with E-state index in [1.807, 2.05) is 0 Å². The number of allylic oxidation sites excluding steroid dienone is 1. The van der Waals surface area contributed by atoms with E-state index in [1.54, 1.807) is 18.3 Å². The van der Waals surface area contributed by atoms with Gasteiger partial charge in [-0.3, -0.25) is 9.79 Å². The molecule has 276 valence electrons. The Morgan fingerprint density at radius 3 is 2.08 bits per heavy atom. The molecule has 0 saturated carbocycles. The number of unbranched alkanes of at least 4 members (excludes halogenated alkanes) is 1. The van der Waals surface area contributed by atoms with Crippen molar-refractivity contribution in [3.8, 4) is 11.5 Å². The number of carbonyl (C=O) groups excluding carboxylic acids is 1. The van der Waals surface area contributed by atoms with Gasteiger partial charge in [-0.15, -0.1) is 5.75 Å². The molecule has 0 aromatic heterocycles. The van der Waals surface area contributed by atoms with E-state index in [0.29, 0.717) is 56.8 Å². The smallest absolute Gasteiger partial charge is 0.313 e. The van der Waals surface area contributed by atoms with Crippen LogP contribution in [0.25, 0.3) is 5.57 Å². The number of benzene rings is 2. The van der Waals surface area contributed by atoms with Crippen molar-refractivity contribution in [1.82, 2.24) is 5.32 Å². The third kappa shape index (κ3) is 16.0. The number of nitrogens with two attached hydrogens (primary N) is 1. The summed E-state index contributed by atoms with van der Waals surface area (Å²) in [6, 6.07) is 6.26. The topological polar surface area (TPSA) is 161 Å². The maximum absolute atomic E-state index is 14.4. The first-order chi connectivity index (χ1) is 24.0. The highest BCUT2D eigenvalue weighted by molar-refractivity contribution is 7.80. The fourth-order valence-electron chi connectivity index (χ4n) is 3.95. The van der Waals surface area contributed by atoms with E-state index in [2.05, 4.69) is 32.0 Å². The van der Waals surface area contributed by atoms with Crippen LogP contribution >= 0.6 is 12.2 Å². The molecule has 2 rings (SSSR count). The molecule has 0 saturated heterocycles. The SMILES string of the molecule is C=C(C)c1c(F)c(F)c(F)c(OC(=O)CCOCCOCCOCCOCCN=C/C(CCCCNC(=S)Nc2ccc([O-])cc2)=N\N)c1F. The second-order valence-electron chi connectivity index (χ2n) is 10.4. The van der Waals surface area contributed by atoms with Gasteiger partial charge in [0.1, 0.15) is 0 Å². The zero-order valence-electron chi connectivity index (χ0n) is 27.7. The Morgan fingerprint density at radius 2 is 1.48 bits per heavy atom. The molecule has 4 N–H and O–H groups in total. The number of halogens is 4. The van der Waals surface area contributed by atoms with Crippen molar-refractivity contribution >= 4 is 46.5 Å². The van der Waals surface area contributed by atoms with Crippen molar-refractivity contribution in [3.05, 3.63) is 59.7 Å². The molecule has 0 heterocycles. The van der Waals surface area contributed by atoms with Crippen LogP contribution in [-0.2, 0) is 23.7 Å². The summed E-state index contributed by atoms with van der Waals surface area (Å²) in [4.78, 5) is 16.2. The quantitative estimate of drug-likeness (QED) is 0.0135. The normalized spacial score (nSPS) is 11.6. The number of nitrogens with zero attached hydrogens (tertiary/aromatic N) is 2. The summed E-state index contributed by atoms with van der Waals surface area (Å²) in [6.45, 7) is 7.48. The van der Waals surface area contributed by atoms with Gasteiger partial charge in [-0.2, -0.15) is 9.49 Å². The molecule has 0 spiro atoms. The molecule has 2 aromatic rings. The molecule has 0 aliphatic rings. The molecule has 0 amide bonds. The number of carbonyl (C=O) groups is 1. The highest BCUT2D eigenvalue weighted by Crippen LogP contribution is 2.33.